The van der Waals surface area contributed by atoms with Gasteiger partial charge in [-0.2, -0.15) is 0 Å². The second kappa shape index (κ2) is 6.30. The Morgan fingerprint density at radius 3 is 2.35 bits per heavy atom. The molecule has 0 unspecified atom stereocenters. The summed E-state index contributed by atoms with van der Waals surface area (Å²) in [4.78, 5) is 10.3. The fraction of sp³-hybridized carbons (Fsp3) is 0.833. The maximum absolute atomic E-state index is 10.6. The van der Waals surface area contributed by atoms with E-state index in [1.165, 1.54) is 0 Å². The molecule has 0 fully saturated rings. The van der Waals surface area contributed by atoms with Crippen molar-refractivity contribution in [2.75, 3.05) is 6.54 Å². The Morgan fingerprint density at radius 2 is 2.00 bits per heavy atom. The van der Waals surface area contributed by atoms with Crippen LogP contribution in [0.2, 0.25) is 18.1 Å². The van der Waals surface area contributed by atoms with E-state index in [4.69, 9.17) is 4.43 Å². The highest BCUT2D eigenvalue weighted by Crippen LogP contribution is 2.37. The molecule has 0 aliphatic rings. The van der Waals surface area contributed by atoms with Gasteiger partial charge >= 0.3 is 0 Å². The van der Waals surface area contributed by atoms with Gasteiger partial charge in [0.05, 0.1) is 0 Å². The van der Waals surface area contributed by atoms with E-state index in [1.54, 1.807) is 6.08 Å². The normalized spacial score (nSPS) is 14.4. The van der Waals surface area contributed by atoms with Crippen LogP contribution in [0.4, 0.5) is 0 Å². The lowest BCUT2D eigenvalue weighted by Gasteiger charge is -2.38. The van der Waals surface area contributed by atoms with Crippen molar-refractivity contribution >= 4 is 8.32 Å². The number of allylic oxidation sites excluding steroid dienone is 1. The molecule has 1 atom stereocenters. The lowest BCUT2D eigenvalue weighted by molar-refractivity contribution is -0.489. The first-order valence-corrected chi connectivity index (χ1v) is 8.91. The minimum absolute atomic E-state index is 0.0794. The van der Waals surface area contributed by atoms with Gasteiger partial charge < -0.3 is 4.43 Å². The van der Waals surface area contributed by atoms with Crippen molar-refractivity contribution in [1.82, 2.24) is 0 Å². The zero-order chi connectivity index (χ0) is 13.7. The third-order valence-corrected chi connectivity index (χ3v) is 7.85. The number of hydrogen-bond donors (Lipinski definition) is 0. The first-order chi connectivity index (χ1) is 7.60. The Kier molecular flexibility index (Phi) is 6.05. The number of hydrogen-bond acceptors (Lipinski definition) is 3. The zero-order valence-electron chi connectivity index (χ0n) is 11.7. The fourth-order valence-electron chi connectivity index (χ4n) is 1.25. The summed E-state index contributed by atoms with van der Waals surface area (Å²) in [5, 5.41) is 10.7. The van der Waals surface area contributed by atoms with E-state index in [-0.39, 0.29) is 22.6 Å². The van der Waals surface area contributed by atoms with Crippen LogP contribution in [0.1, 0.15) is 33.6 Å². The van der Waals surface area contributed by atoms with E-state index < -0.39 is 8.32 Å². The molecule has 5 heteroatoms. The van der Waals surface area contributed by atoms with Gasteiger partial charge in [0.25, 0.3) is 0 Å². The molecule has 0 radical (unpaired) electrons. The summed E-state index contributed by atoms with van der Waals surface area (Å²) < 4.78 is 6.06. The van der Waals surface area contributed by atoms with Crippen molar-refractivity contribution in [2.24, 2.45) is 0 Å². The van der Waals surface area contributed by atoms with Gasteiger partial charge in [-0.25, -0.2) is 0 Å². The van der Waals surface area contributed by atoms with Gasteiger partial charge in [0.15, 0.2) is 8.32 Å². The van der Waals surface area contributed by atoms with Crippen LogP contribution in [-0.2, 0) is 4.43 Å². The lowest BCUT2D eigenvalue weighted by atomic mass is 10.2. The molecule has 17 heavy (non-hydrogen) atoms. The van der Waals surface area contributed by atoms with E-state index in [9.17, 15) is 10.1 Å². The van der Waals surface area contributed by atoms with Crippen molar-refractivity contribution < 1.29 is 9.35 Å². The fourth-order valence-corrected chi connectivity index (χ4v) is 2.63. The van der Waals surface area contributed by atoms with Crippen molar-refractivity contribution in [2.45, 2.75) is 57.8 Å². The highest BCUT2D eigenvalue weighted by atomic mass is 28.4. The number of nitrogens with zero attached hydrogens (tertiary/aromatic N) is 1. The highest BCUT2D eigenvalue weighted by molar-refractivity contribution is 6.74. The van der Waals surface area contributed by atoms with Crippen LogP contribution in [0, 0.1) is 10.1 Å². The maximum atomic E-state index is 10.6. The second-order valence-electron chi connectivity index (χ2n) is 5.88. The summed E-state index contributed by atoms with van der Waals surface area (Å²) in [7, 11) is -1.92. The predicted molar refractivity (Wildman–Crippen MR) is 73.4 cm³/mol. The predicted octanol–water partition coefficient (Wildman–Crippen LogP) is 3.62. The summed E-state index contributed by atoms with van der Waals surface area (Å²) in [5.74, 6) is 0. The molecule has 0 N–H and O–H groups in total. The summed E-state index contributed by atoms with van der Waals surface area (Å²) >= 11 is 0. The molecule has 0 aromatic rings. The van der Waals surface area contributed by atoms with Crippen LogP contribution >= 0.6 is 0 Å². The van der Waals surface area contributed by atoms with E-state index in [2.05, 4.69) is 40.4 Å². The zero-order valence-corrected chi connectivity index (χ0v) is 12.7. The summed E-state index contributed by atoms with van der Waals surface area (Å²) in [6.45, 7) is 14.2. The smallest absolute Gasteiger partial charge is 0.228 e. The molecule has 0 aromatic heterocycles. The molecule has 0 heterocycles. The maximum Gasteiger partial charge on any atom is 0.228 e. The third-order valence-electron chi connectivity index (χ3n) is 3.31. The molecular weight excluding hydrogens is 234 g/mol. The monoisotopic (exact) mass is 259 g/mol. The van der Waals surface area contributed by atoms with E-state index in [0.29, 0.717) is 6.42 Å². The van der Waals surface area contributed by atoms with E-state index >= 15 is 0 Å². The molecule has 0 aliphatic heterocycles. The lowest BCUT2D eigenvalue weighted by Crippen LogP contribution is -2.45. The SMILES string of the molecule is C=CCC[C@H](C[N+](=O)[O-])O[Si](C)(C)C(C)(C)C. The van der Waals surface area contributed by atoms with Crippen LogP contribution in [0.5, 0.6) is 0 Å². The molecule has 0 spiro atoms. The molecular formula is C12H25NO3Si. The van der Waals surface area contributed by atoms with Crippen molar-refractivity contribution in [3.63, 3.8) is 0 Å². The molecule has 0 aliphatic carbocycles. The highest BCUT2D eigenvalue weighted by Gasteiger charge is 2.39. The summed E-state index contributed by atoms with van der Waals surface area (Å²) in [6, 6.07) is 0. The van der Waals surface area contributed by atoms with Crippen molar-refractivity contribution in [1.29, 1.82) is 0 Å². The van der Waals surface area contributed by atoms with Gasteiger partial charge in [0.1, 0.15) is 6.10 Å². The molecule has 0 rings (SSSR count). The Morgan fingerprint density at radius 1 is 1.47 bits per heavy atom. The Balaban J connectivity index is 4.61. The molecule has 0 saturated heterocycles. The second-order valence-corrected chi connectivity index (χ2v) is 10.6. The molecule has 100 valence electrons. The largest absolute Gasteiger partial charge is 0.407 e. The van der Waals surface area contributed by atoms with Crippen molar-refractivity contribution in [3.05, 3.63) is 22.8 Å². The van der Waals surface area contributed by atoms with Crippen LogP contribution in [0.3, 0.4) is 0 Å². The minimum Gasteiger partial charge on any atom is -0.407 e. The van der Waals surface area contributed by atoms with Crippen LogP contribution < -0.4 is 0 Å². The number of rotatable bonds is 7. The van der Waals surface area contributed by atoms with E-state index in [0.717, 1.165) is 6.42 Å². The molecule has 0 bridgehead atoms. The topological polar surface area (TPSA) is 52.4 Å². The Hall–Kier alpha value is -0.683. The van der Waals surface area contributed by atoms with Gasteiger partial charge in [-0.3, -0.25) is 10.1 Å². The first-order valence-electron chi connectivity index (χ1n) is 6.00. The molecule has 0 amide bonds. The summed E-state index contributed by atoms with van der Waals surface area (Å²) in [6.07, 6.45) is 2.93. The van der Waals surface area contributed by atoms with Gasteiger partial charge in [-0.05, 0) is 31.0 Å². The van der Waals surface area contributed by atoms with Crippen LogP contribution in [0.25, 0.3) is 0 Å². The minimum atomic E-state index is -1.92. The summed E-state index contributed by atoms with van der Waals surface area (Å²) in [5.41, 5.74) is 0. The van der Waals surface area contributed by atoms with Crippen LogP contribution in [-0.4, -0.2) is 25.9 Å². The molecule has 4 nitrogen and oxygen atoms in total. The van der Waals surface area contributed by atoms with Crippen LogP contribution in [0.15, 0.2) is 12.7 Å². The van der Waals surface area contributed by atoms with Gasteiger partial charge in [0.2, 0.25) is 6.54 Å². The van der Waals surface area contributed by atoms with Gasteiger partial charge in [-0.15, -0.1) is 6.58 Å². The standard InChI is InChI=1S/C12H25NO3Si/c1-7-8-9-11(10-13(14)15)16-17(5,6)12(2,3)4/h7,11H,1,8-10H2,2-6H3/t11-/m1/s1. The molecule has 0 saturated carbocycles. The Labute approximate surface area is 105 Å². The number of nitro groups is 1. The third kappa shape index (κ3) is 5.98. The average molecular weight is 259 g/mol. The quantitative estimate of drug-likeness (QED) is 0.304. The van der Waals surface area contributed by atoms with Crippen molar-refractivity contribution in [3.8, 4) is 0 Å². The molecule has 0 aromatic carbocycles. The first kappa shape index (κ1) is 16.3. The Bertz CT molecular complexity index is 271. The van der Waals surface area contributed by atoms with Gasteiger partial charge in [-0.1, -0.05) is 26.8 Å². The van der Waals surface area contributed by atoms with Gasteiger partial charge in [0, 0.05) is 4.92 Å². The average Bonchev–Trinajstić information content (AvgIpc) is 2.10. The van der Waals surface area contributed by atoms with E-state index in [1.807, 2.05) is 0 Å².